The number of carbonyl (C=O) groups is 3. The van der Waals surface area contributed by atoms with E-state index in [0.29, 0.717) is 5.69 Å². The van der Waals surface area contributed by atoms with Crippen LogP contribution in [0.1, 0.15) is 6.42 Å². The number of carboxylic acids is 1. The van der Waals surface area contributed by atoms with Crippen molar-refractivity contribution in [2.75, 3.05) is 11.9 Å². The molecular formula is C14H15N3O4. The van der Waals surface area contributed by atoms with Gasteiger partial charge in [-0.25, -0.2) is 9.59 Å². The number of hydrogen-bond donors (Lipinski definition) is 4. The average molecular weight is 289 g/mol. The van der Waals surface area contributed by atoms with E-state index in [1.165, 1.54) is 0 Å². The van der Waals surface area contributed by atoms with Crippen molar-refractivity contribution in [3.05, 3.63) is 30.3 Å². The van der Waals surface area contributed by atoms with Crippen molar-refractivity contribution < 1.29 is 19.5 Å². The third-order valence-corrected chi connectivity index (χ3v) is 2.40. The molecule has 0 radical (unpaired) electrons. The lowest BCUT2D eigenvalue weighted by Crippen LogP contribution is -2.46. The Balaban J connectivity index is 2.37. The number of amides is 3. The molecule has 1 aromatic rings. The molecule has 1 unspecified atom stereocenters. The molecule has 0 aromatic heterocycles. The van der Waals surface area contributed by atoms with Crippen LogP contribution in [0.2, 0.25) is 0 Å². The first-order valence-corrected chi connectivity index (χ1v) is 6.08. The summed E-state index contributed by atoms with van der Waals surface area (Å²) in [6.45, 7) is -0.354. The molecule has 0 aliphatic rings. The second-order valence-electron chi connectivity index (χ2n) is 4.04. The third-order valence-electron chi connectivity index (χ3n) is 2.40. The minimum Gasteiger partial charge on any atom is -0.480 e. The Morgan fingerprint density at radius 2 is 1.90 bits per heavy atom. The summed E-state index contributed by atoms with van der Waals surface area (Å²) in [5.41, 5.74) is 0.575. The molecule has 3 amide bonds. The highest BCUT2D eigenvalue weighted by molar-refractivity contribution is 5.93. The lowest BCUT2D eigenvalue weighted by molar-refractivity contribution is -0.141. The summed E-state index contributed by atoms with van der Waals surface area (Å²) in [5, 5.41) is 15.9. The molecule has 0 saturated heterocycles. The van der Waals surface area contributed by atoms with E-state index in [2.05, 4.69) is 21.9 Å². The van der Waals surface area contributed by atoms with Crippen LogP contribution < -0.4 is 16.0 Å². The van der Waals surface area contributed by atoms with Crippen LogP contribution in [0.4, 0.5) is 10.5 Å². The van der Waals surface area contributed by atoms with Crippen LogP contribution in [0, 0.1) is 12.3 Å². The lowest BCUT2D eigenvalue weighted by atomic mass is 10.2. The van der Waals surface area contributed by atoms with Gasteiger partial charge < -0.3 is 21.1 Å². The number of rotatable bonds is 6. The zero-order valence-electron chi connectivity index (χ0n) is 11.1. The van der Waals surface area contributed by atoms with E-state index in [9.17, 15) is 14.4 Å². The summed E-state index contributed by atoms with van der Waals surface area (Å²) in [5.74, 6) is 0.292. The van der Waals surface area contributed by atoms with Gasteiger partial charge in [0.15, 0.2) is 0 Å². The summed E-state index contributed by atoms with van der Waals surface area (Å²) in [6.07, 6.45) is 4.88. The van der Waals surface area contributed by atoms with Crippen LogP contribution in [0.5, 0.6) is 0 Å². The number of aliphatic carboxylic acids is 1. The van der Waals surface area contributed by atoms with Crippen molar-refractivity contribution in [3.63, 3.8) is 0 Å². The van der Waals surface area contributed by atoms with Crippen molar-refractivity contribution in [1.29, 1.82) is 0 Å². The third kappa shape index (κ3) is 6.11. The van der Waals surface area contributed by atoms with E-state index in [1.54, 1.807) is 30.3 Å². The molecule has 1 aromatic carbocycles. The standard InChI is InChI=1S/C14H15N3O4/c1-2-6-11(13(19)20)17-12(18)9-15-14(21)16-10-7-4-3-5-8-10/h1,3-5,7-8,11H,6,9H2,(H,17,18)(H,19,20)(H2,15,16,21). The van der Waals surface area contributed by atoms with E-state index >= 15 is 0 Å². The Bertz CT molecular complexity index is 551. The van der Waals surface area contributed by atoms with Crippen LogP contribution in [-0.2, 0) is 9.59 Å². The molecule has 1 rings (SSSR count). The molecule has 1 atom stereocenters. The predicted molar refractivity (Wildman–Crippen MR) is 76.5 cm³/mol. The van der Waals surface area contributed by atoms with Gasteiger partial charge in [0.1, 0.15) is 6.04 Å². The van der Waals surface area contributed by atoms with Crippen LogP contribution in [-0.4, -0.2) is 35.6 Å². The van der Waals surface area contributed by atoms with E-state index in [4.69, 9.17) is 11.5 Å². The van der Waals surface area contributed by atoms with Crippen LogP contribution in [0.25, 0.3) is 0 Å². The molecule has 4 N–H and O–H groups in total. The smallest absolute Gasteiger partial charge is 0.327 e. The highest BCUT2D eigenvalue weighted by Crippen LogP contribution is 2.03. The fourth-order valence-electron chi connectivity index (χ4n) is 1.42. The molecule has 0 aliphatic carbocycles. The molecule has 7 heteroatoms. The topological polar surface area (TPSA) is 108 Å². The summed E-state index contributed by atoms with van der Waals surface area (Å²) >= 11 is 0. The van der Waals surface area contributed by atoms with Gasteiger partial charge in [0, 0.05) is 12.1 Å². The normalized spacial score (nSPS) is 10.8. The van der Waals surface area contributed by atoms with Crippen LogP contribution >= 0.6 is 0 Å². The minimum atomic E-state index is -1.23. The molecule has 110 valence electrons. The first-order valence-electron chi connectivity index (χ1n) is 6.08. The SMILES string of the molecule is C#CCC(NC(=O)CNC(=O)Nc1ccccc1)C(=O)O. The van der Waals surface area contributed by atoms with E-state index in [0.717, 1.165) is 0 Å². The van der Waals surface area contributed by atoms with Crippen molar-refractivity contribution in [2.24, 2.45) is 0 Å². The highest BCUT2D eigenvalue weighted by Gasteiger charge is 2.18. The quantitative estimate of drug-likeness (QED) is 0.568. The van der Waals surface area contributed by atoms with Gasteiger partial charge in [-0.2, -0.15) is 0 Å². The van der Waals surface area contributed by atoms with Crippen LogP contribution in [0.15, 0.2) is 30.3 Å². The van der Waals surface area contributed by atoms with Gasteiger partial charge in [0.05, 0.1) is 6.54 Å². The Hall–Kier alpha value is -3.01. The van der Waals surface area contributed by atoms with Gasteiger partial charge in [-0.3, -0.25) is 4.79 Å². The number of carbonyl (C=O) groups excluding carboxylic acids is 2. The van der Waals surface area contributed by atoms with Gasteiger partial charge in [-0.1, -0.05) is 18.2 Å². The van der Waals surface area contributed by atoms with Gasteiger partial charge >= 0.3 is 12.0 Å². The predicted octanol–water partition coefficient (Wildman–Crippen LogP) is 0.401. The Morgan fingerprint density at radius 1 is 1.24 bits per heavy atom. The molecule has 0 saturated carbocycles. The number of hydrogen-bond acceptors (Lipinski definition) is 3. The van der Waals surface area contributed by atoms with Gasteiger partial charge in [-0.05, 0) is 12.1 Å². The number of nitrogens with one attached hydrogen (secondary N) is 3. The number of para-hydroxylation sites is 1. The molecule has 0 bridgehead atoms. The zero-order valence-corrected chi connectivity index (χ0v) is 11.1. The Morgan fingerprint density at radius 3 is 2.48 bits per heavy atom. The maximum Gasteiger partial charge on any atom is 0.327 e. The molecule has 0 fully saturated rings. The maximum absolute atomic E-state index is 11.5. The molecule has 7 nitrogen and oxygen atoms in total. The Labute approximate surface area is 121 Å². The molecule has 0 aliphatic heterocycles. The molecule has 21 heavy (non-hydrogen) atoms. The number of terminal acetylenes is 1. The number of benzene rings is 1. The Kier molecular flexibility index (Phi) is 6.28. The first-order chi connectivity index (χ1) is 10.0. The van der Waals surface area contributed by atoms with Gasteiger partial charge in [-0.15, -0.1) is 12.3 Å². The average Bonchev–Trinajstić information content (AvgIpc) is 2.45. The van der Waals surface area contributed by atoms with Crippen molar-refractivity contribution in [1.82, 2.24) is 10.6 Å². The number of carboxylic acid groups (broad SMARTS) is 1. The fourth-order valence-corrected chi connectivity index (χ4v) is 1.42. The summed E-state index contributed by atoms with van der Waals surface area (Å²) in [7, 11) is 0. The lowest BCUT2D eigenvalue weighted by Gasteiger charge is -2.12. The summed E-state index contributed by atoms with van der Waals surface area (Å²) in [6, 6.07) is 6.94. The second-order valence-corrected chi connectivity index (χ2v) is 4.04. The van der Waals surface area contributed by atoms with E-state index < -0.39 is 23.9 Å². The minimum absolute atomic E-state index is 0.128. The highest BCUT2D eigenvalue weighted by atomic mass is 16.4. The van der Waals surface area contributed by atoms with Gasteiger partial charge in [0.25, 0.3) is 0 Å². The summed E-state index contributed by atoms with van der Waals surface area (Å²) in [4.78, 5) is 33.8. The second kappa shape index (κ2) is 8.22. The monoisotopic (exact) mass is 289 g/mol. The molecule has 0 spiro atoms. The number of anilines is 1. The summed E-state index contributed by atoms with van der Waals surface area (Å²) < 4.78 is 0. The van der Waals surface area contributed by atoms with E-state index in [-0.39, 0.29) is 13.0 Å². The molecule has 0 heterocycles. The van der Waals surface area contributed by atoms with E-state index in [1.807, 2.05) is 0 Å². The number of urea groups is 1. The largest absolute Gasteiger partial charge is 0.480 e. The molecular weight excluding hydrogens is 274 g/mol. The van der Waals surface area contributed by atoms with Crippen LogP contribution in [0.3, 0.4) is 0 Å². The van der Waals surface area contributed by atoms with Crippen molar-refractivity contribution in [2.45, 2.75) is 12.5 Å². The zero-order chi connectivity index (χ0) is 15.7. The first kappa shape index (κ1) is 16.0. The maximum atomic E-state index is 11.5. The van der Waals surface area contributed by atoms with Gasteiger partial charge in [0.2, 0.25) is 5.91 Å². The van der Waals surface area contributed by atoms with Crippen molar-refractivity contribution in [3.8, 4) is 12.3 Å². The van der Waals surface area contributed by atoms with Crippen molar-refractivity contribution >= 4 is 23.6 Å². The fraction of sp³-hybridized carbons (Fsp3) is 0.214.